The summed E-state index contributed by atoms with van der Waals surface area (Å²) >= 11 is 3.39. The number of carbonyl (C=O) groups excluding carboxylic acids is 1. The zero-order valence-electron chi connectivity index (χ0n) is 10.1. The molecule has 4 heteroatoms. The van der Waals surface area contributed by atoms with Gasteiger partial charge in [0.1, 0.15) is 0 Å². The van der Waals surface area contributed by atoms with E-state index in [0.29, 0.717) is 13.0 Å². The molecule has 1 amide bonds. The molecule has 0 aliphatic heterocycles. The minimum Gasteiger partial charge on any atom is -0.350 e. The fraction of sp³-hybridized carbons (Fsp3) is 0.462. The van der Waals surface area contributed by atoms with Gasteiger partial charge in [0.2, 0.25) is 5.91 Å². The molecule has 94 valence electrons. The summed E-state index contributed by atoms with van der Waals surface area (Å²) in [5.74, 6) is 0.0915. The van der Waals surface area contributed by atoms with Crippen molar-refractivity contribution in [3.05, 3.63) is 34.3 Å². The molecule has 0 aliphatic rings. The van der Waals surface area contributed by atoms with Gasteiger partial charge in [-0.05, 0) is 44.0 Å². The second kappa shape index (κ2) is 7.45. The summed E-state index contributed by atoms with van der Waals surface area (Å²) in [5, 5.41) is 2.98. The average molecular weight is 299 g/mol. The van der Waals surface area contributed by atoms with Crippen molar-refractivity contribution in [2.24, 2.45) is 5.73 Å². The van der Waals surface area contributed by atoms with Gasteiger partial charge in [0.15, 0.2) is 0 Å². The van der Waals surface area contributed by atoms with Gasteiger partial charge in [-0.15, -0.1) is 0 Å². The first-order valence-electron chi connectivity index (χ1n) is 5.88. The van der Waals surface area contributed by atoms with E-state index in [0.717, 1.165) is 22.9 Å². The number of amides is 1. The number of nitrogens with one attached hydrogen (secondary N) is 1. The van der Waals surface area contributed by atoms with E-state index in [1.165, 1.54) is 0 Å². The van der Waals surface area contributed by atoms with Gasteiger partial charge in [0.25, 0.3) is 0 Å². The molecule has 0 heterocycles. The lowest BCUT2D eigenvalue weighted by Crippen LogP contribution is -2.26. The number of benzene rings is 1. The molecule has 0 spiro atoms. The zero-order chi connectivity index (χ0) is 12.7. The fourth-order valence-corrected chi connectivity index (χ4v) is 1.84. The Hall–Kier alpha value is -0.870. The molecule has 0 saturated carbocycles. The van der Waals surface area contributed by atoms with Crippen LogP contribution in [-0.4, -0.2) is 12.5 Å². The van der Waals surface area contributed by atoms with Crippen LogP contribution in [0.3, 0.4) is 0 Å². The van der Waals surface area contributed by atoms with Crippen molar-refractivity contribution in [2.45, 2.75) is 32.2 Å². The highest BCUT2D eigenvalue weighted by molar-refractivity contribution is 9.10. The van der Waals surface area contributed by atoms with Crippen molar-refractivity contribution in [1.29, 1.82) is 0 Å². The van der Waals surface area contributed by atoms with Crippen molar-refractivity contribution < 1.29 is 4.79 Å². The van der Waals surface area contributed by atoms with E-state index in [4.69, 9.17) is 5.73 Å². The van der Waals surface area contributed by atoms with Crippen LogP contribution in [0.1, 0.15) is 37.8 Å². The van der Waals surface area contributed by atoms with Crippen molar-refractivity contribution in [1.82, 2.24) is 5.32 Å². The van der Waals surface area contributed by atoms with Crippen LogP contribution in [0.5, 0.6) is 0 Å². The Balaban J connectivity index is 2.40. The second-order valence-corrected chi connectivity index (χ2v) is 5.00. The Kier molecular flexibility index (Phi) is 6.22. The van der Waals surface area contributed by atoms with Crippen molar-refractivity contribution in [2.75, 3.05) is 6.54 Å². The predicted octanol–water partition coefficient (Wildman–Crippen LogP) is 2.76. The number of carbonyl (C=O) groups is 1. The molecule has 0 fully saturated rings. The average Bonchev–Trinajstić information content (AvgIpc) is 2.30. The molecule has 1 atom stereocenters. The van der Waals surface area contributed by atoms with E-state index in [1.807, 2.05) is 31.2 Å². The van der Waals surface area contributed by atoms with Gasteiger partial charge in [-0.1, -0.05) is 28.1 Å². The second-order valence-electron chi connectivity index (χ2n) is 4.09. The van der Waals surface area contributed by atoms with Crippen LogP contribution in [0.2, 0.25) is 0 Å². The van der Waals surface area contributed by atoms with E-state index in [9.17, 15) is 4.79 Å². The molecule has 3 nitrogen and oxygen atoms in total. The third-order valence-electron chi connectivity index (χ3n) is 2.61. The predicted molar refractivity (Wildman–Crippen MR) is 73.6 cm³/mol. The van der Waals surface area contributed by atoms with Crippen LogP contribution in [0.25, 0.3) is 0 Å². The molecule has 0 unspecified atom stereocenters. The first kappa shape index (κ1) is 14.2. The summed E-state index contributed by atoms with van der Waals surface area (Å²) in [7, 11) is 0. The van der Waals surface area contributed by atoms with E-state index in [-0.39, 0.29) is 11.9 Å². The Morgan fingerprint density at radius 2 is 2.00 bits per heavy atom. The van der Waals surface area contributed by atoms with Gasteiger partial charge in [0, 0.05) is 10.9 Å². The van der Waals surface area contributed by atoms with Crippen molar-refractivity contribution in [3.8, 4) is 0 Å². The molecule has 0 aliphatic carbocycles. The monoisotopic (exact) mass is 298 g/mol. The molecule has 1 aromatic carbocycles. The quantitative estimate of drug-likeness (QED) is 0.794. The summed E-state index contributed by atoms with van der Waals surface area (Å²) in [6, 6.07) is 8.02. The van der Waals surface area contributed by atoms with Crippen LogP contribution in [0.4, 0.5) is 0 Å². The maximum Gasteiger partial charge on any atom is 0.220 e. The number of hydrogen-bond acceptors (Lipinski definition) is 2. The van der Waals surface area contributed by atoms with Gasteiger partial charge >= 0.3 is 0 Å². The van der Waals surface area contributed by atoms with Gasteiger partial charge < -0.3 is 11.1 Å². The SMILES string of the molecule is C[C@@H](NC(=O)CCCCN)c1ccc(Br)cc1. The standard InChI is InChI=1S/C13H19BrN2O/c1-10(11-5-7-12(14)8-6-11)16-13(17)4-2-3-9-15/h5-8,10H,2-4,9,15H2,1H3,(H,16,17)/t10-/m1/s1. The van der Waals surface area contributed by atoms with Crippen LogP contribution in [0, 0.1) is 0 Å². The number of halogens is 1. The number of unbranched alkanes of at least 4 members (excludes halogenated alkanes) is 1. The van der Waals surface area contributed by atoms with Crippen LogP contribution in [0.15, 0.2) is 28.7 Å². The van der Waals surface area contributed by atoms with Crippen molar-refractivity contribution in [3.63, 3.8) is 0 Å². The third-order valence-corrected chi connectivity index (χ3v) is 3.13. The lowest BCUT2D eigenvalue weighted by molar-refractivity contribution is -0.121. The van der Waals surface area contributed by atoms with Gasteiger partial charge in [0.05, 0.1) is 6.04 Å². The Bertz CT molecular complexity index is 351. The summed E-state index contributed by atoms with van der Waals surface area (Å²) in [6.45, 7) is 2.64. The highest BCUT2D eigenvalue weighted by Crippen LogP contribution is 2.16. The van der Waals surface area contributed by atoms with Crippen molar-refractivity contribution >= 4 is 21.8 Å². The molecule has 0 bridgehead atoms. The maximum atomic E-state index is 11.6. The topological polar surface area (TPSA) is 55.1 Å². The first-order chi connectivity index (χ1) is 8.13. The number of rotatable bonds is 6. The van der Waals surface area contributed by atoms with Crippen LogP contribution in [-0.2, 0) is 4.79 Å². The third kappa shape index (κ3) is 5.33. The summed E-state index contributed by atoms with van der Waals surface area (Å²) in [5.41, 5.74) is 6.50. The highest BCUT2D eigenvalue weighted by Gasteiger charge is 2.08. The van der Waals surface area contributed by atoms with Gasteiger partial charge in [-0.25, -0.2) is 0 Å². The normalized spacial score (nSPS) is 12.2. The Labute approximate surface area is 111 Å². The molecule has 1 rings (SSSR count). The minimum atomic E-state index is 0.0495. The minimum absolute atomic E-state index is 0.0495. The summed E-state index contributed by atoms with van der Waals surface area (Å²) < 4.78 is 1.04. The lowest BCUT2D eigenvalue weighted by atomic mass is 10.1. The smallest absolute Gasteiger partial charge is 0.220 e. The fourth-order valence-electron chi connectivity index (χ4n) is 1.58. The molecule has 3 N–H and O–H groups in total. The largest absolute Gasteiger partial charge is 0.350 e. The lowest BCUT2D eigenvalue weighted by Gasteiger charge is -2.14. The molecular weight excluding hydrogens is 280 g/mol. The Morgan fingerprint density at radius 3 is 2.59 bits per heavy atom. The zero-order valence-corrected chi connectivity index (χ0v) is 11.7. The maximum absolute atomic E-state index is 11.6. The van der Waals surface area contributed by atoms with Gasteiger partial charge in [-0.3, -0.25) is 4.79 Å². The molecule has 17 heavy (non-hydrogen) atoms. The van der Waals surface area contributed by atoms with E-state index in [2.05, 4.69) is 21.2 Å². The molecule has 0 saturated heterocycles. The summed E-state index contributed by atoms with van der Waals surface area (Å²) in [4.78, 5) is 11.6. The highest BCUT2D eigenvalue weighted by atomic mass is 79.9. The number of nitrogens with two attached hydrogens (primary N) is 1. The van der Waals surface area contributed by atoms with E-state index in [1.54, 1.807) is 0 Å². The van der Waals surface area contributed by atoms with Crippen LogP contribution >= 0.6 is 15.9 Å². The van der Waals surface area contributed by atoms with Gasteiger partial charge in [-0.2, -0.15) is 0 Å². The number of hydrogen-bond donors (Lipinski definition) is 2. The molecule has 0 radical (unpaired) electrons. The Morgan fingerprint density at radius 1 is 1.35 bits per heavy atom. The van der Waals surface area contributed by atoms with E-state index >= 15 is 0 Å². The van der Waals surface area contributed by atoms with Crippen LogP contribution < -0.4 is 11.1 Å². The summed E-state index contributed by atoms with van der Waals surface area (Å²) in [6.07, 6.45) is 2.31. The molecule has 1 aromatic rings. The molecule has 0 aromatic heterocycles. The molecular formula is C13H19BrN2O. The van der Waals surface area contributed by atoms with E-state index < -0.39 is 0 Å². The first-order valence-corrected chi connectivity index (χ1v) is 6.67.